The second-order valence-corrected chi connectivity index (χ2v) is 4.13. The number of unbranched alkanes of at least 4 members (excludes halogenated alkanes) is 6. The molecule has 94 valence electrons. The van der Waals surface area contributed by atoms with Gasteiger partial charge in [0.15, 0.2) is 0 Å². The minimum absolute atomic E-state index is 0.193. The lowest BCUT2D eigenvalue weighted by atomic mass is 10.1. The number of ether oxygens (including phenoxy) is 1. The highest BCUT2D eigenvalue weighted by Gasteiger charge is 1.96. The van der Waals surface area contributed by atoms with Gasteiger partial charge < -0.3 is 4.74 Å². The second kappa shape index (κ2) is 12.3. The highest BCUT2D eigenvalue weighted by atomic mass is 16.5. The van der Waals surface area contributed by atoms with Crippen molar-refractivity contribution in [1.29, 1.82) is 0 Å². The lowest BCUT2D eigenvalue weighted by Gasteiger charge is -2.01. The molecule has 0 aromatic rings. The number of carbonyl (C=O) groups is 1. The quantitative estimate of drug-likeness (QED) is 0.316. The Kier molecular flexibility index (Phi) is 11.7. The monoisotopic (exact) mass is 226 g/mol. The molecular weight excluding hydrogens is 200 g/mol. The van der Waals surface area contributed by atoms with E-state index in [1.807, 2.05) is 6.08 Å². The van der Waals surface area contributed by atoms with E-state index in [1.54, 1.807) is 6.08 Å². The van der Waals surface area contributed by atoms with Crippen LogP contribution < -0.4 is 0 Å². The Morgan fingerprint density at radius 1 is 1.00 bits per heavy atom. The summed E-state index contributed by atoms with van der Waals surface area (Å²) in [6.45, 7) is 4.87. The molecule has 0 radical (unpaired) electrons. The number of hydrogen-bond donors (Lipinski definition) is 0. The first-order valence-corrected chi connectivity index (χ1v) is 6.64. The van der Waals surface area contributed by atoms with Gasteiger partial charge in [0, 0.05) is 6.08 Å². The lowest BCUT2D eigenvalue weighted by Crippen LogP contribution is -2.02. The molecule has 2 heteroatoms. The predicted molar refractivity (Wildman–Crippen MR) is 68.4 cm³/mol. The van der Waals surface area contributed by atoms with Gasteiger partial charge in [-0.3, -0.25) is 0 Å². The van der Waals surface area contributed by atoms with Gasteiger partial charge in [0.1, 0.15) is 0 Å². The highest BCUT2D eigenvalue weighted by Crippen LogP contribution is 2.04. The minimum Gasteiger partial charge on any atom is -0.463 e. The molecule has 0 bridgehead atoms. The smallest absolute Gasteiger partial charge is 0.330 e. The third kappa shape index (κ3) is 11.3. The molecule has 0 saturated carbocycles. The Bertz CT molecular complexity index is 185. The van der Waals surface area contributed by atoms with E-state index in [4.69, 9.17) is 4.74 Å². The molecular formula is C14H26O2. The van der Waals surface area contributed by atoms with E-state index >= 15 is 0 Å². The standard InChI is InChI=1S/C14H26O2/c1-3-5-7-8-9-11-13-16-14(15)12-10-6-4-2/h10,12H,3-9,11,13H2,1-2H3/b12-10+. The second-order valence-electron chi connectivity index (χ2n) is 4.13. The average Bonchev–Trinajstić information content (AvgIpc) is 2.28. The molecule has 0 aromatic carbocycles. The third-order valence-electron chi connectivity index (χ3n) is 2.45. The maximum absolute atomic E-state index is 11.1. The average molecular weight is 226 g/mol. The summed E-state index contributed by atoms with van der Waals surface area (Å²) >= 11 is 0. The van der Waals surface area contributed by atoms with Crippen molar-refractivity contribution in [3.05, 3.63) is 12.2 Å². The Morgan fingerprint density at radius 3 is 2.38 bits per heavy atom. The Hall–Kier alpha value is -0.790. The predicted octanol–water partition coefficient (Wildman–Crippen LogP) is 4.25. The maximum Gasteiger partial charge on any atom is 0.330 e. The van der Waals surface area contributed by atoms with Crippen molar-refractivity contribution in [2.75, 3.05) is 6.61 Å². The van der Waals surface area contributed by atoms with Crippen LogP contribution >= 0.6 is 0 Å². The lowest BCUT2D eigenvalue weighted by molar-refractivity contribution is -0.137. The summed E-state index contributed by atoms with van der Waals surface area (Å²) in [7, 11) is 0. The van der Waals surface area contributed by atoms with Gasteiger partial charge in [-0.2, -0.15) is 0 Å². The van der Waals surface area contributed by atoms with Crippen LogP contribution in [0.2, 0.25) is 0 Å². The van der Waals surface area contributed by atoms with Gasteiger partial charge in [-0.15, -0.1) is 0 Å². The normalized spacial score (nSPS) is 10.9. The molecule has 0 spiro atoms. The molecule has 0 aromatic heterocycles. The highest BCUT2D eigenvalue weighted by molar-refractivity contribution is 5.81. The van der Waals surface area contributed by atoms with Gasteiger partial charge in [-0.1, -0.05) is 58.4 Å². The van der Waals surface area contributed by atoms with Gasteiger partial charge >= 0.3 is 5.97 Å². The molecule has 0 atom stereocenters. The van der Waals surface area contributed by atoms with Crippen molar-refractivity contribution in [2.24, 2.45) is 0 Å². The Balaban J connectivity index is 3.21. The van der Waals surface area contributed by atoms with Crippen LogP contribution in [0.4, 0.5) is 0 Å². The van der Waals surface area contributed by atoms with Crippen molar-refractivity contribution in [3.63, 3.8) is 0 Å². The first-order chi connectivity index (χ1) is 7.81. The molecule has 0 rings (SSSR count). The van der Waals surface area contributed by atoms with E-state index in [9.17, 15) is 4.79 Å². The summed E-state index contributed by atoms with van der Waals surface area (Å²) in [5.41, 5.74) is 0. The Morgan fingerprint density at radius 2 is 1.69 bits per heavy atom. The third-order valence-corrected chi connectivity index (χ3v) is 2.45. The zero-order valence-electron chi connectivity index (χ0n) is 10.8. The van der Waals surface area contributed by atoms with Gasteiger partial charge in [-0.25, -0.2) is 4.79 Å². The van der Waals surface area contributed by atoms with E-state index in [1.165, 1.54) is 32.1 Å². The van der Waals surface area contributed by atoms with Crippen LogP contribution in [-0.2, 0) is 9.53 Å². The Labute approximate surface area is 100 Å². The fourth-order valence-corrected chi connectivity index (χ4v) is 1.45. The van der Waals surface area contributed by atoms with Crippen LogP contribution in [-0.4, -0.2) is 12.6 Å². The van der Waals surface area contributed by atoms with Gasteiger partial charge in [-0.05, 0) is 12.8 Å². The van der Waals surface area contributed by atoms with Crippen LogP contribution in [0.5, 0.6) is 0 Å². The zero-order chi connectivity index (χ0) is 12.1. The SMILES string of the molecule is CCC/C=C/C(=O)OCCCCCCCC. The molecule has 0 fully saturated rings. The summed E-state index contributed by atoms with van der Waals surface area (Å²) in [6, 6.07) is 0. The van der Waals surface area contributed by atoms with Crippen LogP contribution in [0, 0.1) is 0 Å². The van der Waals surface area contributed by atoms with Crippen LogP contribution in [0.15, 0.2) is 12.2 Å². The van der Waals surface area contributed by atoms with Gasteiger partial charge in [0.2, 0.25) is 0 Å². The number of allylic oxidation sites excluding steroid dienone is 1. The molecule has 0 N–H and O–H groups in total. The number of carbonyl (C=O) groups excluding carboxylic acids is 1. The number of esters is 1. The van der Waals surface area contributed by atoms with Crippen LogP contribution in [0.1, 0.15) is 65.2 Å². The van der Waals surface area contributed by atoms with Crippen molar-refractivity contribution < 1.29 is 9.53 Å². The molecule has 0 unspecified atom stereocenters. The summed E-state index contributed by atoms with van der Waals surface area (Å²) in [4.78, 5) is 11.1. The summed E-state index contributed by atoms with van der Waals surface area (Å²) in [6.07, 6.45) is 12.8. The van der Waals surface area contributed by atoms with Crippen molar-refractivity contribution in [1.82, 2.24) is 0 Å². The first kappa shape index (κ1) is 15.2. The number of hydrogen-bond acceptors (Lipinski definition) is 2. The van der Waals surface area contributed by atoms with Crippen molar-refractivity contribution in [2.45, 2.75) is 65.2 Å². The molecule has 0 amide bonds. The van der Waals surface area contributed by atoms with Gasteiger partial charge in [0.05, 0.1) is 6.61 Å². The maximum atomic E-state index is 11.1. The molecule has 2 nitrogen and oxygen atoms in total. The van der Waals surface area contributed by atoms with Crippen LogP contribution in [0.25, 0.3) is 0 Å². The summed E-state index contributed by atoms with van der Waals surface area (Å²) in [5, 5.41) is 0. The molecule has 0 aliphatic carbocycles. The molecule has 0 aliphatic heterocycles. The minimum atomic E-state index is -0.193. The van der Waals surface area contributed by atoms with E-state index in [0.29, 0.717) is 6.61 Å². The van der Waals surface area contributed by atoms with Crippen LogP contribution in [0.3, 0.4) is 0 Å². The topological polar surface area (TPSA) is 26.3 Å². The fraction of sp³-hybridized carbons (Fsp3) is 0.786. The fourth-order valence-electron chi connectivity index (χ4n) is 1.45. The van der Waals surface area contributed by atoms with E-state index in [2.05, 4.69) is 13.8 Å². The molecule has 16 heavy (non-hydrogen) atoms. The van der Waals surface area contributed by atoms with E-state index < -0.39 is 0 Å². The van der Waals surface area contributed by atoms with E-state index in [-0.39, 0.29) is 5.97 Å². The molecule has 0 heterocycles. The molecule has 0 aliphatic rings. The largest absolute Gasteiger partial charge is 0.463 e. The van der Waals surface area contributed by atoms with Crippen molar-refractivity contribution in [3.8, 4) is 0 Å². The van der Waals surface area contributed by atoms with Gasteiger partial charge in [0.25, 0.3) is 0 Å². The number of rotatable bonds is 10. The molecule has 0 saturated heterocycles. The first-order valence-electron chi connectivity index (χ1n) is 6.64. The summed E-state index contributed by atoms with van der Waals surface area (Å²) < 4.78 is 5.07. The summed E-state index contributed by atoms with van der Waals surface area (Å²) in [5.74, 6) is -0.193. The zero-order valence-corrected chi connectivity index (χ0v) is 10.8. The van der Waals surface area contributed by atoms with Crippen molar-refractivity contribution >= 4 is 5.97 Å². The van der Waals surface area contributed by atoms with E-state index in [0.717, 1.165) is 19.3 Å².